The molecule has 0 N–H and O–H groups in total. The zero-order valence-electron chi connectivity index (χ0n) is 8.56. The molecule has 1 aromatic heterocycles. The Hall–Kier alpha value is -0.0100. The van der Waals surface area contributed by atoms with Crippen LogP contribution in [0.3, 0.4) is 0 Å². The molecule has 74 valence electrons. The van der Waals surface area contributed by atoms with E-state index in [-0.39, 0.29) is 0 Å². The predicted molar refractivity (Wildman–Crippen MR) is 61.7 cm³/mol. The first-order valence-electron chi connectivity index (χ1n) is 4.84. The van der Waals surface area contributed by atoms with E-state index in [9.17, 15) is 0 Å². The van der Waals surface area contributed by atoms with E-state index in [0.29, 0.717) is 5.41 Å². The average molecular weight is 217 g/mol. The zero-order chi connectivity index (χ0) is 9.90. The summed E-state index contributed by atoms with van der Waals surface area (Å²) < 4.78 is 0.907. The molecular weight excluding hydrogens is 200 g/mol. The van der Waals surface area contributed by atoms with Crippen molar-refractivity contribution < 1.29 is 0 Å². The van der Waals surface area contributed by atoms with Crippen molar-refractivity contribution in [3.63, 3.8) is 0 Å². The number of hydrogen-bond donors (Lipinski definition) is 0. The molecule has 0 amide bonds. The van der Waals surface area contributed by atoms with Crippen molar-refractivity contribution in [2.45, 2.75) is 40.0 Å². The van der Waals surface area contributed by atoms with Crippen LogP contribution in [-0.2, 0) is 6.42 Å². The van der Waals surface area contributed by atoms with Crippen molar-refractivity contribution in [2.75, 3.05) is 0 Å². The molecule has 0 saturated carbocycles. The fraction of sp³-hybridized carbons (Fsp3) is 0.636. The van der Waals surface area contributed by atoms with Gasteiger partial charge in [-0.25, -0.2) is 0 Å². The summed E-state index contributed by atoms with van der Waals surface area (Å²) in [4.78, 5) is 1.41. The first-order valence-corrected chi connectivity index (χ1v) is 6.03. The van der Waals surface area contributed by atoms with Crippen LogP contribution >= 0.6 is 22.9 Å². The Kier molecular flexibility index (Phi) is 3.81. The van der Waals surface area contributed by atoms with Gasteiger partial charge in [0.2, 0.25) is 0 Å². The third kappa shape index (κ3) is 2.99. The van der Waals surface area contributed by atoms with Crippen LogP contribution in [0.4, 0.5) is 0 Å². The van der Waals surface area contributed by atoms with Gasteiger partial charge in [-0.2, -0.15) is 0 Å². The Bertz CT molecular complexity index is 261. The molecule has 1 rings (SSSR count). The van der Waals surface area contributed by atoms with Crippen molar-refractivity contribution in [1.82, 2.24) is 0 Å². The van der Waals surface area contributed by atoms with Crippen molar-refractivity contribution in [3.8, 4) is 0 Å². The molecule has 0 unspecified atom stereocenters. The normalized spacial score (nSPS) is 12.0. The van der Waals surface area contributed by atoms with Gasteiger partial charge in [-0.15, -0.1) is 11.3 Å². The highest BCUT2D eigenvalue weighted by atomic mass is 35.5. The van der Waals surface area contributed by atoms with E-state index in [1.54, 1.807) is 11.3 Å². The van der Waals surface area contributed by atoms with Gasteiger partial charge in [0.05, 0.1) is 4.34 Å². The number of halogens is 1. The lowest BCUT2D eigenvalue weighted by Gasteiger charge is -2.25. The van der Waals surface area contributed by atoms with Gasteiger partial charge >= 0.3 is 0 Å². The molecule has 0 spiro atoms. The molecule has 0 nitrogen and oxygen atoms in total. The minimum absolute atomic E-state index is 0.453. The second-order valence-corrected chi connectivity index (χ2v) is 5.70. The van der Waals surface area contributed by atoms with Gasteiger partial charge in [0.1, 0.15) is 0 Å². The van der Waals surface area contributed by atoms with Crippen molar-refractivity contribution in [1.29, 1.82) is 0 Å². The van der Waals surface area contributed by atoms with E-state index < -0.39 is 0 Å². The SMILES string of the molecule is CCC(C)(CC)Cc1ccc(Cl)s1. The molecule has 2 heteroatoms. The minimum atomic E-state index is 0.453. The molecule has 0 aliphatic carbocycles. The smallest absolute Gasteiger partial charge is 0.0931 e. The predicted octanol–water partition coefficient (Wildman–Crippen LogP) is 4.77. The Balaban J connectivity index is 2.67. The lowest BCUT2D eigenvalue weighted by Crippen LogP contribution is -2.16. The van der Waals surface area contributed by atoms with Crippen molar-refractivity contribution in [2.24, 2.45) is 5.41 Å². The standard InChI is InChI=1S/C11H17ClS/c1-4-11(3,5-2)8-9-6-7-10(12)13-9/h6-7H,4-5,8H2,1-3H3. The topological polar surface area (TPSA) is 0 Å². The first-order chi connectivity index (χ1) is 6.09. The molecule has 0 bridgehead atoms. The molecule has 0 aliphatic rings. The fourth-order valence-electron chi connectivity index (χ4n) is 1.37. The van der Waals surface area contributed by atoms with Gasteiger partial charge < -0.3 is 0 Å². The lowest BCUT2D eigenvalue weighted by atomic mass is 9.81. The fourth-order valence-corrected chi connectivity index (χ4v) is 2.67. The van der Waals surface area contributed by atoms with Crippen molar-refractivity contribution in [3.05, 3.63) is 21.3 Å². The molecule has 1 heterocycles. The van der Waals surface area contributed by atoms with Gasteiger partial charge in [0, 0.05) is 4.88 Å². The van der Waals surface area contributed by atoms with Gasteiger partial charge in [-0.3, -0.25) is 0 Å². The zero-order valence-corrected chi connectivity index (χ0v) is 10.1. The van der Waals surface area contributed by atoms with E-state index in [4.69, 9.17) is 11.6 Å². The van der Waals surface area contributed by atoms with Crippen LogP contribution in [0.25, 0.3) is 0 Å². The molecule has 0 aromatic carbocycles. The van der Waals surface area contributed by atoms with Crippen LogP contribution in [-0.4, -0.2) is 0 Å². The number of thiophene rings is 1. The Labute approximate surface area is 89.9 Å². The highest BCUT2D eigenvalue weighted by Gasteiger charge is 2.20. The van der Waals surface area contributed by atoms with Gasteiger partial charge in [-0.05, 0) is 24.0 Å². The first kappa shape index (κ1) is 11.1. The molecule has 0 aliphatic heterocycles. The maximum atomic E-state index is 5.89. The monoisotopic (exact) mass is 216 g/mol. The van der Waals surface area contributed by atoms with Crippen LogP contribution in [0.15, 0.2) is 12.1 Å². The van der Waals surface area contributed by atoms with Gasteiger partial charge in [0.25, 0.3) is 0 Å². The molecule has 0 saturated heterocycles. The highest BCUT2D eigenvalue weighted by molar-refractivity contribution is 7.16. The van der Waals surface area contributed by atoms with E-state index in [2.05, 4.69) is 26.8 Å². The van der Waals surface area contributed by atoms with E-state index in [1.165, 1.54) is 17.7 Å². The summed E-state index contributed by atoms with van der Waals surface area (Å²) in [6.45, 7) is 6.87. The summed E-state index contributed by atoms with van der Waals surface area (Å²) in [7, 11) is 0. The van der Waals surface area contributed by atoms with Crippen LogP contribution in [0.1, 0.15) is 38.5 Å². The second-order valence-electron chi connectivity index (χ2n) is 3.90. The minimum Gasteiger partial charge on any atom is -0.128 e. The number of hydrogen-bond acceptors (Lipinski definition) is 1. The van der Waals surface area contributed by atoms with E-state index in [1.807, 2.05) is 6.07 Å². The van der Waals surface area contributed by atoms with Crippen LogP contribution in [0, 0.1) is 5.41 Å². The van der Waals surface area contributed by atoms with E-state index in [0.717, 1.165) is 10.8 Å². The molecule has 13 heavy (non-hydrogen) atoms. The maximum Gasteiger partial charge on any atom is 0.0931 e. The van der Waals surface area contributed by atoms with E-state index >= 15 is 0 Å². The van der Waals surface area contributed by atoms with Gasteiger partial charge in [-0.1, -0.05) is 45.2 Å². The molecule has 0 atom stereocenters. The average Bonchev–Trinajstić information content (AvgIpc) is 2.51. The summed E-state index contributed by atoms with van der Waals surface area (Å²) in [5.41, 5.74) is 0.453. The van der Waals surface area contributed by atoms with Crippen LogP contribution in [0.5, 0.6) is 0 Å². The molecule has 0 fully saturated rings. The molecule has 0 radical (unpaired) electrons. The quantitative estimate of drug-likeness (QED) is 0.680. The summed E-state index contributed by atoms with van der Waals surface area (Å²) in [6.07, 6.45) is 3.63. The molecule has 1 aromatic rings. The molecular formula is C11H17ClS. The Morgan fingerprint density at radius 2 is 1.92 bits per heavy atom. The summed E-state index contributed by atoms with van der Waals surface area (Å²) in [5, 5.41) is 0. The van der Waals surface area contributed by atoms with Gasteiger partial charge in [0.15, 0.2) is 0 Å². The summed E-state index contributed by atoms with van der Waals surface area (Å²) in [5.74, 6) is 0. The number of rotatable bonds is 4. The van der Waals surface area contributed by atoms with Crippen molar-refractivity contribution >= 4 is 22.9 Å². The van der Waals surface area contributed by atoms with Crippen LogP contribution < -0.4 is 0 Å². The summed E-state index contributed by atoms with van der Waals surface area (Å²) in [6, 6.07) is 4.14. The maximum absolute atomic E-state index is 5.89. The Morgan fingerprint density at radius 1 is 1.31 bits per heavy atom. The third-order valence-corrected chi connectivity index (χ3v) is 4.17. The summed E-state index contributed by atoms with van der Waals surface area (Å²) >= 11 is 7.60. The lowest BCUT2D eigenvalue weighted by molar-refractivity contribution is 0.298. The Morgan fingerprint density at radius 3 is 2.31 bits per heavy atom. The van der Waals surface area contributed by atoms with Crippen LogP contribution in [0.2, 0.25) is 4.34 Å². The third-order valence-electron chi connectivity index (χ3n) is 2.94. The largest absolute Gasteiger partial charge is 0.128 e. The highest BCUT2D eigenvalue weighted by Crippen LogP contribution is 2.33. The second kappa shape index (κ2) is 4.47.